The van der Waals surface area contributed by atoms with Gasteiger partial charge < -0.3 is 24.6 Å². The summed E-state index contributed by atoms with van der Waals surface area (Å²) in [5, 5.41) is 12.4. The minimum Gasteiger partial charge on any atom is -0.488 e. The number of rotatable bonds is 8. The van der Waals surface area contributed by atoms with Crippen LogP contribution in [0.4, 0.5) is 11.6 Å². The van der Waals surface area contributed by atoms with Crippen LogP contribution < -0.4 is 15.0 Å². The lowest BCUT2D eigenvalue weighted by molar-refractivity contribution is 0.122. The molecule has 3 aliphatic rings. The van der Waals surface area contributed by atoms with E-state index in [0.717, 1.165) is 107 Å². The lowest BCUT2D eigenvalue weighted by Crippen LogP contribution is -2.36. The smallest absolute Gasteiger partial charge is 0.222 e. The highest BCUT2D eigenvalue weighted by atomic mass is 16.5. The van der Waals surface area contributed by atoms with E-state index in [1.54, 1.807) is 12.4 Å². The average Bonchev–Trinajstić information content (AvgIpc) is 3.02. The molecular formula is C30H38N8O2. The van der Waals surface area contributed by atoms with Crippen molar-refractivity contribution < 1.29 is 9.47 Å². The Morgan fingerprint density at radius 3 is 2.42 bits per heavy atom. The average molecular weight is 543 g/mol. The predicted molar refractivity (Wildman–Crippen MR) is 154 cm³/mol. The van der Waals surface area contributed by atoms with E-state index >= 15 is 0 Å². The van der Waals surface area contributed by atoms with Crippen molar-refractivity contribution in [1.29, 1.82) is 5.26 Å². The molecule has 0 radical (unpaired) electrons. The fourth-order valence-electron chi connectivity index (χ4n) is 6.13. The van der Waals surface area contributed by atoms with Crippen molar-refractivity contribution in [2.45, 2.75) is 63.0 Å². The number of nitrogens with zero attached hydrogens (tertiary/aromatic N) is 7. The fourth-order valence-corrected chi connectivity index (χ4v) is 6.13. The molecule has 2 saturated heterocycles. The molecule has 3 fully saturated rings. The summed E-state index contributed by atoms with van der Waals surface area (Å²) < 4.78 is 12.1. The van der Waals surface area contributed by atoms with Crippen LogP contribution in [0.15, 0.2) is 36.9 Å². The van der Waals surface area contributed by atoms with Crippen LogP contribution in [0.2, 0.25) is 0 Å². The molecule has 2 aromatic heterocycles. The van der Waals surface area contributed by atoms with Crippen LogP contribution in [0.25, 0.3) is 11.0 Å². The largest absolute Gasteiger partial charge is 0.488 e. The molecule has 210 valence electrons. The van der Waals surface area contributed by atoms with Gasteiger partial charge in [-0.15, -0.1) is 0 Å². The first kappa shape index (κ1) is 26.7. The molecule has 0 unspecified atom stereocenters. The Balaban J connectivity index is 1.02. The van der Waals surface area contributed by atoms with E-state index in [4.69, 9.17) is 14.7 Å². The Kier molecular flexibility index (Phi) is 8.50. The zero-order valence-corrected chi connectivity index (χ0v) is 23.0. The van der Waals surface area contributed by atoms with E-state index in [1.807, 2.05) is 12.4 Å². The molecule has 2 aliphatic heterocycles. The van der Waals surface area contributed by atoms with Gasteiger partial charge in [0.05, 0.1) is 30.9 Å². The van der Waals surface area contributed by atoms with E-state index in [2.05, 4.69) is 53.3 Å². The number of nitrogens with one attached hydrogen (secondary N) is 1. The van der Waals surface area contributed by atoms with Crippen molar-refractivity contribution in [3.8, 4) is 11.8 Å². The van der Waals surface area contributed by atoms with Crippen LogP contribution in [-0.2, 0) is 4.74 Å². The van der Waals surface area contributed by atoms with Gasteiger partial charge in [-0.3, -0.25) is 4.98 Å². The number of likely N-dealkylation sites (tertiary alicyclic amines) is 1. The number of hydrogen-bond acceptors (Lipinski definition) is 10. The van der Waals surface area contributed by atoms with Gasteiger partial charge in [-0.1, -0.05) is 0 Å². The Bertz CT molecular complexity index is 1290. The molecule has 0 bridgehead atoms. The maximum Gasteiger partial charge on any atom is 0.222 e. The van der Waals surface area contributed by atoms with Crippen LogP contribution in [0.3, 0.4) is 0 Å². The van der Waals surface area contributed by atoms with Gasteiger partial charge in [0.15, 0.2) is 0 Å². The fraction of sp³-hybridized carbons (Fsp3) is 0.567. The Morgan fingerprint density at radius 1 is 0.925 bits per heavy atom. The molecule has 10 heteroatoms. The van der Waals surface area contributed by atoms with Gasteiger partial charge in [0.1, 0.15) is 11.3 Å². The Labute approximate surface area is 235 Å². The lowest BCUT2D eigenvalue weighted by Gasteiger charge is -2.32. The first-order chi connectivity index (χ1) is 19.7. The minimum atomic E-state index is 0.144. The van der Waals surface area contributed by atoms with Gasteiger partial charge in [-0.25, -0.2) is 15.0 Å². The summed E-state index contributed by atoms with van der Waals surface area (Å²) in [4.78, 5) is 23.2. The Morgan fingerprint density at radius 2 is 1.68 bits per heavy atom. The topological polar surface area (TPSA) is 112 Å². The third kappa shape index (κ3) is 6.43. The second kappa shape index (κ2) is 12.7. The van der Waals surface area contributed by atoms with Gasteiger partial charge in [0.25, 0.3) is 0 Å². The number of fused-ring (bicyclic) bond motifs is 1. The molecule has 10 nitrogen and oxygen atoms in total. The van der Waals surface area contributed by atoms with Crippen LogP contribution in [0, 0.1) is 11.3 Å². The number of ether oxygens (including phenoxy) is 2. The van der Waals surface area contributed by atoms with Crippen LogP contribution in [0.5, 0.6) is 5.75 Å². The van der Waals surface area contributed by atoms with Crippen molar-refractivity contribution in [1.82, 2.24) is 24.8 Å². The highest BCUT2D eigenvalue weighted by Gasteiger charge is 2.25. The minimum absolute atomic E-state index is 0.144. The molecule has 4 heterocycles. The standard InChI is InChI=1S/C30H38N8O2/c31-8-1-11-37-12-6-22(7-13-37)23-20-34-30(35-21-23)36-24-2-4-26(5-3-24)40-28-19-25(38-14-16-39-17-15-38)18-27-29(28)33-10-9-32-27/h9-10,18-22,24,26H,1-7,11-17H2,(H,34,35,36). The maximum absolute atomic E-state index is 8.81. The number of aromatic nitrogens is 4. The van der Waals surface area contributed by atoms with Crippen LogP contribution in [0.1, 0.15) is 56.4 Å². The second-order valence-electron chi connectivity index (χ2n) is 11.1. The third-order valence-corrected chi connectivity index (χ3v) is 8.47. The van der Waals surface area contributed by atoms with E-state index in [0.29, 0.717) is 24.3 Å². The Hall–Kier alpha value is -3.55. The molecule has 1 aromatic carbocycles. The summed E-state index contributed by atoms with van der Waals surface area (Å²) in [5.74, 6) is 2.03. The SMILES string of the molecule is N#CCCN1CCC(c2cnc(NC3CCC(Oc4cc(N5CCOCC5)cc5nccnc45)CC3)nc2)CC1. The van der Waals surface area contributed by atoms with Gasteiger partial charge in [-0.05, 0) is 69.2 Å². The highest BCUT2D eigenvalue weighted by Crippen LogP contribution is 2.33. The lowest BCUT2D eigenvalue weighted by atomic mass is 9.91. The van der Waals surface area contributed by atoms with E-state index in [1.165, 1.54) is 5.56 Å². The van der Waals surface area contributed by atoms with Crippen molar-refractivity contribution in [2.24, 2.45) is 0 Å². The van der Waals surface area contributed by atoms with E-state index in [-0.39, 0.29) is 6.10 Å². The first-order valence-corrected chi connectivity index (χ1v) is 14.7. The zero-order chi connectivity index (χ0) is 27.1. The maximum atomic E-state index is 8.81. The number of nitriles is 1. The van der Waals surface area contributed by atoms with Crippen molar-refractivity contribution >= 4 is 22.7 Å². The van der Waals surface area contributed by atoms with E-state index in [9.17, 15) is 0 Å². The molecule has 0 spiro atoms. The van der Waals surface area contributed by atoms with Crippen LogP contribution >= 0.6 is 0 Å². The van der Waals surface area contributed by atoms with Crippen molar-refractivity contribution in [3.05, 3.63) is 42.5 Å². The molecule has 40 heavy (non-hydrogen) atoms. The number of morpholine rings is 1. The number of anilines is 2. The summed E-state index contributed by atoms with van der Waals surface area (Å²) in [6, 6.07) is 6.81. The molecule has 1 N–H and O–H groups in total. The first-order valence-electron chi connectivity index (χ1n) is 14.7. The van der Waals surface area contributed by atoms with Crippen molar-refractivity contribution in [3.63, 3.8) is 0 Å². The van der Waals surface area contributed by atoms with Gasteiger partial charge >= 0.3 is 0 Å². The van der Waals surface area contributed by atoms with Gasteiger partial charge in [-0.2, -0.15) is 5.26 Å². The zero-order valence-electron chi connectivity index (χ0n) is 23.0. The molecule has 1 saturated carbocycles. The normalized spacial score (nSPS) is 22.6. The predicted octanol–water partition coefficient (Wildman–Crippen LogP) is 4.15. The molecule has 0 atom stereocenters. The molecular weight excluding hydrogens is 504 g/mol. The summed E-state index contributed by atoms with van der Waals surface area (Å²) in [5.41, 5.74) is 4.02. The summed E-state index contributed by atoms with van der Waals surface area (Å²) in [6.45, 7) is 6.17. The monoisotopic (exact) mass is 542 g/mol. The number of hydrogen-bond donors (Lipinski definition) is 1. The third-order valence-electron chi connectivity index (χ3n) is 8.47. The number of piperidine rings is 1. The summed E-state index contributed by atoms with van der Waals surface area (Å²) >= 11 is 0. The quantitative estimate of drug-likeness (QED) is 0.445. The second-order valence-corrected chi connectivity index (χ2v) is 11.1. The van der Waals surface area contributed by atoms with E-state index < -0.39 is 0 Å². The van der Waals surface area contributed by atoms with Gasteiger partial charge in [0, 0.05) is 68.6 Å². The van der Waals surface area contributed by atoms with Crippen LogP contribution in [-0.4, -0.2) is 82.9 Å². The summed E-state index contributed by atoms with van der Waals surface area (Å²) in [6.07, 6.45) is 14.3. The molecule has 1 aliphatic carbocycles. The summed E-state index contributed by atoms with van der Waals surface area (Å²) in [7, 11) is 0. The highest BCUT2D eigenvalue weighted by molar-refractivity contribution is 5.85. The molecule has 0 amide bonds. The van der Waals surface area contributed by atoms with Crippen molar-refractivity contribution in [2.75, 3.05) is 56.2 Å². The number of benzene rings is 1. The van der Waals surface area contributed by atoms with Gasteiger partial charge in [0.2, 0.25) is 5.95 Å². The molecule has 3 aromatic rings. The molecule has 6 rings (SSSR count).